The highest BCUT2D eigenvalue weighted by Crippen LogP contribution is 2.29. The quantitative estimate of drug-likeness (QED) is 0.639. The molecule has 0 aromatic heterocycles. The third-order valence-corrected chi connectivity index (χ3v) is 3.41. The van der Waals surface area contributed by atoms with E-state index >= 15 is 0 Å². The van der Waals surface area contributed by atoms with E-state index in [0.717, 1.165) is 24.9 Å². The molecular weight excluding hydrogens is 164 g/mol. The molecule has 2 fully saturated rings. The summed E-state index contributed by atoms with van der Waals surface area (Å²) >= 11 is 0. The molecule has 2 rings (SSSR count). The Balaban J connectivity index is 1.75. The van der Waals surface area contributed by atoms with E-state index in [-0.39, 0.29) is 5.91 Å². The number of carbonyl (C=O) groups excluding carboxylic acids is 1. The predicted octanol–water partition coefficient (Wildman–Crippen LogP) is 0.464. The van der Waals surface area contributed by atoms with Crippen LogP contribution in [0, 0.1) is 11.8 Å². The number of rotatable bonds is 1. The molecule has 0 aliphatic carbocycles. The van der Waals surface area contributed by atoms with Crippen LogP contribution in [0.2, 0.25) is 0 Å². The second-order valence-electron chi connectivity index (χ2n) is 4.27. The molecule has 2 aliphatic heterocycles. The Morgan fingerprint density at radius 2 is 1.85 bits per heavy atom. The second-order valence-corrected chi connectivity index (χ2v) is 4.27. The van der Waals surface area contributed by atoms with Crippen LogP contribution in [0.1, 0.15) is 19.8 Å². The first kappa shape index (κ1) is 9.00. The van der Waals surface area contributed by atoms with Crippen molar-refractivity contribution >= 4 is 5.91 Å². The zero-order valence-electron chi connectivity index (χ0n) is 8.25. The molecule has 0 atom stereocenters. The SMILES string of the molecule is CC(=O)N1CC(C2CCNCC2)C1. The zero-order valence-corrected chi connectivity index (χ0v) is 8.25. The Kier molecular flexibility index (Phi) is 2.54. The van der Waals surface area contributed by atoms with Crippen LogP contribution >= 0.6 is 0 Å². The molecule has 2 aliphatic rings. The number of amides is 1. The molecule has 74 valence electrons. The first-order valence-electron chi connectivity index (χ1n) is 5.23. The molecule has 0 saturated carbocycles. The van der Waals surface area contributed by atoms with Crippen molar-refractivity contribution in [3.05, 3.63) is 0 Å². The summed E-state index contributed by atoms with van der Waals surface area (Å²) in [5.74, 6) is 1.91. The van der Waals surface area contributed by atoms with Crippen LogP contribution < -0.4 is 5.32 Å². The summed E-state index contributed by atoms with van der Waals surface area (Å²) in [6.07, 6.45) is 2.60. The minimum atomic E-state index is 0.241. The topological polar surface area (TPSA) is 32.3 Å². The van der Waals surface area contributed by atoms with E-state index in [2.05, 4.69) is 5.32 Å². The van der Waals surface area contributed by atoms with Gasteiger partial charge in [-0.2, -0.15) is 0 Å². The van der Waals surface area contributed by atoms with Crippen LogP contribution in [-0.2, 0) is 4.79 Å². The molecule has 0 unspecified atom stereocenters. The van der Waals surface area contributed by atoms with Gasteiger partial charge in [0.05, 0.1) is 0 Å². The van der Waals surface area contributed by atoms with E-state index < -0.39 is 0 Å². The summed E-state index contributed by atoms with van der Waals surface area (Å²) in [5.41, 5.74) is 0. The van der Waals surface area contributed by atoms with E-state index in [9.17, 15) is 4.79 Å². The van der Waals surface area contributed by atoms with E-state index in [0.29, 0.717) is 0 Å². The number of nitrogens with zero attached hydrogens (tertiary/aromatic N) is 1. The summed E-state index contributed by atoms with van der Waals surface area (Å²) < 4.78 is 0. The molecular formula is C10H18N2O. The standard InChI is InChI=1S/C10H18N2O/c1-8(13)12-6-10(7-12)9-2-4-11-5-3-9/h9-11H,2-7H2,1H3. The van der Waals surface area contributed by atoms with Crippen LogP contribution in [0.15, 0.2) is 0 Å². The molecule has 0 aromatic rings. The van der Waals surface area contributed by atoms with Crippen molar-refractivity contribution in [3.63, 3.8) is 0 Å². The maximum absolute atomic E-state index is 11.0. The van der Waals surface area contributed by atoms with Crippen molar-refractivity contribution in [2.24, 2.45) is 11.8 Å². The predicted molar refractivity (Wildman–Crippen MR) is 51.3 cm³/mol. The highest BCUT2D eigenvalue weighted by Gasteiger charge is 2.34. The van der Waals surface area contributed by atoms with E-state index in [4.69, 9.17) is 0 Å². The number of hydrogen-bond donors (Lipinski definition) is 1. The van der Waals surface area contributed by atoms with Gasteiger partial charge < -0.3 is 10.2 Å². The molecule has 3 nitrogen and oxygen atoms in total. The number of piperidine rings is 1. The minimum absolute atomic E-state index is 0.241. The Morgan fingerprint density at radius 3 is 2.38 bits per heavy atom. The fraction of sp³-hybridized carbons (Fsp3) is 0.900. The van der Waals surface area contributed by atoms with Crippen molar-refractivity contribution in [1.29, 1.82) is 0 Å². The third-order valence-electron chi connectivity index (χ3n) is 3.41. The summed E-state index contributed by atoms with van der Waals surface area (Å²) in [4.78, 5) is 12.9. The Bertz CT molecular complexity index is 193. The lowest BCUT2D eigenvalue weighted by molar-refractivity contribution is -0.136. The highest BCUT2D eigenvalue weighted by atomic mass is 16.2. The third kappa shape index (κ3) is 1.85. The molecule has 0 spiro atoms. The van der Waals surface area contributed by atoms with Gasteiger partial charge in [0.15, 0.2) is 0 Å². The average molecular weight is 182 g/mol. The molecule has 0 radical (unpaired) electrons. The number of carbonyl (C=O) groups is 1. The first-order chi connectivity index (χ1) is 6.27. The number of hydrogen-bond acceptors (Lipinski definition) is 2. The van der Waals surface area contributed by atoms with E-state index in [1.54, 1.807) is 6.92 Å². The fourth-order valence-electron chi connectivity index (χ4n) is 2.38. The smallest absolute Gasteiger partial charge is 0.219 e. The van der Waals surface area contributed by atoms with Gasteiger partial charge in [0, 0.05) is 20.0 Å². The van der Waals surface area contributed by atoms with Crippen molar-refractivity contribution in [3.8, 4) is 0 Å². The van der Waals surface area contributed by atoms with Gasteiger partial charge >= 0.3 is 0 Å². The number of likely N-dealkylation sites (tertiary alicyclic amines) is 1. The van der Waals surface area contributed by atoms with Gasteiger partial charge in [-0.3, -0.25) is 4.79 Å². The lowest BCUT2D eigenvalue weighted by atomic mass is 9.80. The summed E-state index contributed by atoms with van der Waals surface area (Å²) in [7, 11) is 0. The van der Waals surface area contributed by atoms with Crippen LogP contribution in [-0.4, -0.2) is 37.0 Å². The van der Waals surface area contributed by atoms with E-state index in [1.165, 1.54) is 25.9 Å². The Labute approximate surface area is 79.5 Å². The van der Waals surface area contributed by atoms with Gasteiger partial charge in [0.1, 0.15) is 0 Å². The Hall–Kier alpha value is -0.570. The molecule has 2 heterocycles. The maximum atomic E-state index is 11.0. The van der Waals surface area contributed by atoms with Crippen molar-refractivity contribution in [1.82, 2.24) is 10.2 Å². The van der Waals surface area contributed by atoms with Crippen LogP contribution in [0.25, 0.3) is 0 Å². The highest BCUT2D eigenvalue weighted by molar-refractivity contribution is 5.74. The Morgan fingerprint density at radius 1 is 1.23 bits per heavy atom. The first-order valence-corrected chi connectivity index (χ1v) is 5.23. The molecule has 0 bridgehead atoms. The molecule has 3 heteroatoms. The molecule has 13 heavy (non-hydrogen) atoms. The van der Waals surface area contributed by atoms with Gasteiger partial charge in [0.25, 0.3) is 0 Å². The molecule has 2 saturated heterocycles. The fourth-order valence-corrected chi connectivity index (χ4v) is 2.38. The van der Waals surface area contributed by atoms with Crippen LogP contribution in [0.4, 0.5) is 0 Å². The van der Waals surface area contributed by atoms with Crippen LogP contribution in [0.5, 0.6) is 0 Å². The summed E-state index contributed by atoms with van der Waals surface area (Å²) in [6, 6.07) is 0. The number of nitrogens with one attached hydrogen (secondary N) is 1. The average Bonchev–Trinajstić information content (AvgIpc) is 2.02. The van der Waals surface area contributed by atoms with E-state index in [1.807, 2.05) is 4.90 Å². The molecule has 0 aromatic carbocycles. The maximum Gasteiger partial charge on any atom is 0.219 e. The normalized spacial score (nSPS) is 25.8. The van der Waals surface area contributed by atoms with Gasteiger partial charge in [0.2, 0.25) is 5.91 Å². The lowest BCUT2D eigenvalue weighted by Crippen LogP contribution is -2.53. The largest absolute Gasteiger partial charge is 0.342 e. The van der Waals surface area contributed by atoms with Gasteiger partial charge in [-0.15, -0.1) is 0 Å². The molecule has 1 N–H and O–H groups in total. The van der Waals surface area contributed by atoms with Gasteiger partial charge in [-0.05, 0) is 37.8 Å². The van der Waals surface area contributed by atoms with Crippen molar-refractivity contribution < 1.29 is 4.79 Å². The van der Waals surface area contributed by atoms with Crippen LogP contribution in [0.3, 0.4) is 0 Å². The van der Waals surface area contributed by atoms with Gasteiger partial charge in [-0.25, -0.2) is 0 Å². The second kappa shape index (κ2) is 3.66. The monoisotopic (exact) mass is 182 g/mol. The molecule has 1 amide bonds. The van der Waals surface area contributed by atoms with Crippen molar-refractivity contribution in [2.75, 3.05) is 26.2 Å². The lowest BCUT2D eigenvalue weighted by Gasteiger charge is -2.44. The summed E-state index contributed by atoms with van der Waals surface area (Å²) in [6.45, 7) is 6.03. The minimum Gasteiger partial charge on any atom is -0.342 e. The summed E-state index contributed by atoms with van der Waals surface area (Å²) in [5, 5.41) is 3.37. The zero-order chi connectivity index (χ0) is 9.26. The van der Waals surface area contributed by atoms with Crippen molar-refractivity contribution in [2.45, 2.75) is 19.8 Å². The van der Waals surface area contributed by atoms with Gasteiger partial charge in [-0.1, -0.05) is 0 Å².